The number of carbonyl (C=O) groups is 1. The molecule has 0 spiro atoms. The Labute approximate surface area is 97.8 Å². The van der Waals surface area contributed by atoms with Crippen LogP contribution in [0, 0.1) is 5.92 Å². The minimum absolute atomic E-state index is 0.0306. The lowest BCUT2D eigenvalue weighted by Gasteiger charge is -2.39. The van der Waals surface area contributed by atoms with E-state index in [0.29, 0.717) is 5.92 Å². The zero-order chi connectivity index (χ0) is 12.2. The van der Waals surface area contributed by atoms with Gasteiger partial charge in [-0.15, -0.1) is 0 Å². The van der Waals surface area contributed by atoms with Gasteiger partial charge in [-0.1, -0.05) is 19.8 Å². The first-order valence-electron chi connectivity index (χ1n) is 6.17. The fourth-order valence-corrected chi connectivity index (χ4v) is 2.50. The van der Waals surface area contributed by atoms with E-state index in [-0.39, 0.29) is 18.7 Å². The van der Waals surface area contributed by atoms with E-state index in [1.165, 1.54) is 6.42 Å². The summed E-state index contributed by atoms with van der Waals surface area (Å²) in [5, 5.41) is 15.2. The topological polar surface area (TPSA) is 61.4 Å². The minimum Gasteiger partial charge on any atom is -0.394 e. The van der Waals surface area contributed by atoms with Gasteiger partial charge in [-0.2, -0.15) is 0 Å². The van der Waals surface area contributed by atoms with Crippen LogP contribution in [-0.4, -0.2) is 29.3 Å². The summed E-state index contributed by atoms with van der Waals surface area (Å²) in [6.45, 7) is 6.05. The Morgan fingerprint density at radius 2 is 2.25 bits per heavy atom. The Kier molecular flexibility index (Phi) is 4.59. The predicted octanol–water partition coefficient (Wildman–Crippen LogP) is 1.64. The lowest BCUT2D eigenvalue weighted by Crippen LogP contribution is -2.57. The molecule has 4 nitrogen and oxygen atoms in total. The van der Waals surface area contributed by atoms with E-state index in [1.807, 2.05) is 13.8 Å². The number of nitrogens with one attached hydrogen (secondary N) is 2. The van der Waals surface area contributed by atoms with Crippen molar-refractivity contribution in [3.8, 4) is 0 Å². The van der Waals surface area contributed by atoms with Crippen LogP contribution in [0.5, 0.6) is 0 Å². The number of rotatable bonds is 3. The molecule has 16 heavy (non-hydrogen) atoms. The van der Waals surface area contributed by atoms with E-state index in [2.05, 4.69) is 17.6 Å². The molecule has 1 rings (SSSR count). The van der Waals surface area contributed by atoms with Crippen LogP contribution in [-0.2, 0) is 0 Å². The molecule has 0 aromatic heterocycles. The molecule has 1 aliphatic rings. The van der Waals surface area contributed by atoms with Crippen molar-refractivity contribution in [3.05, 3.63) is 0 Å². The lowest BCUT2D eigenvalue weighted by molar-refractivity contribution is 0.105. The molecule has 2 unspecified atom stereocenters. The quantitative estimate of drug-likeness (QED) is 0.687. The number of carbonyl (C=O) groups excluding carboxylic acids is 1. The first kappa shape index (κ1) is 13.3. The maximum Gasteiger partial charge on any atom is 0.315 e. The Balaban J connectivity index is 2.55. The molecule has 0 aromatic carbocycles. The highest BCUT2D eigenvalue weighted by atomic mass is 16.3. The third-order valence-corrected chi connectivity index (χ3v) is 3.19. The fourth-order valence-electron chi connectivity index (χ4n) is 2.50. The van der Waals surface area contributed by atoms with Crippen LogP contribution in [0.3, 0.4) is 0 Å². The van der Waals surface area contributed by atoms with Gasteiger partial charge in [-0.25, -0.2) is 4.79 Å². The van der Waals surface area contributed by atoms with Crippen LogP contribution in [0.1, 0.15) is 46.5 Å². The smallest absolute Gasteiger partial charge is 0.315 e. The van der Waals surface area contributed by atoms with Gasteiger partial charge in [-0.3, -0.25) is 0 Å². The third kappa shape index (κ3) is 3.67. The zero-order valence-corrected chi connectivity index (χ0v) is 10.5. The van der Waals surface area contributed by atoms with Crippen molar-refractivity contribution in [2.45, 2.75) is 58.0 Å². The van der Waals surface area contributed by atoms with Crippen LogP contribution >= 0.6 is 0 Å². The summed E-state index contributed by atoms with van der Waals surface area (Å²) in [7, 11) is 0. The number of hydrogen-bond acceptors (Lipinski definition) is 2. The van der Waals surface area contributed by atoms with E-state index < -0.39 is 5.54 Å². The number of aliphatic hydroxyl groups excluding tert-OH is 1. The molecule has 1 aliphatic carbocycles. The zero-order valence-electron chi connectivity index (χ0n) is 10.5. The molecule has 0 heterocycles. The molecular formula is C12H24N2O2. The number of aliphatic hydroxyl groups is 1. The molecule has 1 saturated carbocycles. The molecule has 0 aliphatic heterocycles. The van der Waals surface area contributed by atoms with Gasteiger partial charge in [0.15, 0.2) is 0 Å². The van der Waals surface area contributed by atoms with Gasteiger partial charge in [0, 0.05) is 6.04 Å². The number of amides is 2. The van der Waals surface area contributed by atoms with Gasteiger partial charge in [0.2, 0.25) is 0 Å². The summed E-state index contributed by atoms with van der Waals surface area (Å²) >= 11 is 0. The van der Waals surface area contributed by atoms with Crippen LogP contribution < -0.4 is 10.6 Å². The van der Waals surface area contributed by atoms with Gasteiger partial charge in [0.1, 0.15) is 0 Å². The second-order valence-corrected chi connectivity index (χ2v) is 5.39. The van der Waals surface area contributed by atoms with Crippen LogP contribution in [0.15, 0.2) is 0 Å². The molecule has 2 atom stereocenters. The van der Waals surface area contributed by atoms with Gasteiger partial charge < -0.3 is 15.7 Å². The van der Waals surface area contributed by atoms with E-state index in [9.17, 15) is 9.90 Å². The van der Waals surface area contributed by atoms with Crippen molar-refractivity contribution in [1.82, 2.24) is 10.6 Å². The monoisotopic (exact) mass is 228 g/mol. The predicted molar refractivity (Wildman–Crippen MR) is 64.3 cm³/mol. The van der Waals surface area contributed by atoms with Crippen molar-refractivity contribution in [2.75, 3.05) is 6.61 Å². The average molecular weight is 228 g/mol. The summed E-state index contributed by atoms with van der Waals surface area (Å²) in [6.07, 6.45) is 4.01. The molecule has 0 radical (unpaired) electrons. The third-order valence-electron chi connectivity index (χ3n) is 3.19. The molecule has 3 N–H and O–H groups in total. The van der Waals surface area contributed by atoms with E-state index in [1.54, 1.807) is 0 Å². The molecule has 0 saturated heterocycles. The average Bonchev–Trinajstić information content (AvgIpc) is 2.16. The first-order chi connectivity index (χ1) is 7.47. The SMILES string of the molecule is CC1CCCC(CO)(NC(=O)NC(C)C)C1. The lowest BCUT2D eigenvalue weighted by atomic mass is 9.77. The summed E-state index contributed by atoms with van der Waals surface area (Å²) in [4.78, 5) is 11.7. The Morgan fingerprint density at radius 3 is 2.75 bits per heavy atom. The second kappa shape index (κ2) is 5.53. The summed E-state index contributed by atoms with van der Waals surface area (Å²) in [6, 6.07) is -0.0464. The van der Waals surface area contributed by atoms with Gasteiger partial charge in [-0.05, 0) is 32.6 Å². The summed E-state index contributed by atoms with van der Waals surface area (Å²) in [5.41, 5.74) is -0.406. The molecule has 4 heteroatoms. The Hall–Kier alpha value is -0.770. The molecule has 1 fully saturated rings. The summed E-state index contributed by atoms with van der Waals surface area (Å²) < 4.78 is 0. The van der Waals surface area contributed by atoms with Gasteiger partial charge in [0.25, 0.3) is 0 Å². The Bertz CT molecular complexity index is 243. The van der Waals surface area contributed by atoms with E-state index >= 15 is 0 Å². The normalized spacial score (nSPS) is 30.2. The van der Waals surface area contributed by atoms with Crippen molar-refractivity contribution in [1.29, 1.82) is 0 Å². The molecule has 0 aromatic rings. The van der Waals surface area contributed by atoms with Gasteiger partial charge in [0.05, 0.1) is 12.1 Å². The van der Waals surface area contributed by atoms with Crippen molar-refractivity contribution >= 4 is 6.03 Å². The highest BCUT2D eigenvalue weighted by Crippen LogP contribution is 2.31. The number of urea groups is 1. The second-order valence-electron chi connectivity index (χ2n) is 5.39. The van der Waals surface area contributed by atoms with Gasteiger partial charge >= 0.3 is 6.03 Å². The van der Waals surface area contributed by atoms with Crippen LogP contribution in [0.2, 0.25) is 0 Å². The summed E-state index contributed by atoms with van der Waals surface area (Å²) in [5.74, 6) is 0.570. The fraction of sp³-hybridized carbons (Fsp3) is 0.917. The standard InChI is InChI=1S/C12H24N2O2/c1-9(2)13-11(16)14-12(8-15)6-4-5-10(3)7-12/h9-10,15H,4-8H2,1-3H3,(H2,13,14,16). The van der Waals surface area contributed by atoms with Crippen molar-refractivity contribution in [2.24, 2.45) is 5.92 Å². The van der Waals surface area contributed by atoms with Crippen molar-refractivity contribution < 1.29 is 9.90 Å². The maximum absolute atomic E-state index is 11.7. The molecule has 94 valence electrons. The molecule has 2 amide bonds. The minimum atomic E-state index is -0.406. The molecule has 0 bridgehead atoms. The largest absolute Gasteiger partial charge is 0.394 e. The highest BCUT2D eigenvalue weighted by molar-refractivity contribution is 5.75. The van der Waals surface area contributed by atoms with E-state index in [0.717, 1.165) is 19.3 Å². The molecular weight excluding hydrogens is 204 g/mol. The van der Waals surface area contributed by atoms with E-state index in [4.69, 9.17) is 0 Å². The highest BCUT2D eigenvalue weighted by Gasteiger charge is 2.35. The Morgan fingerprint density at radius 1 is 1.56 bits per heavy atom. The first-order valence-corrected chi connectivity index (χ1v) is 6.17. The van der Waals surface area contributed by atoms with Crippen LogP contribution in [0.4, 0.5) is 4.79 Å². The number of hydrogen-bond donors (Lipinski definition) is 3. The van der Waals surface area contributed by atoms with Crippen LogP contribution in [0.25, 0.3) is 0 Å². The maximum atomic E-state index is 11.7. The van der Waals surface area contributed by atoms with Crippen molar-refractivity contribution in [3.63, 3.8) is 0 Å².